The molecule has 0 heterocycles. The molecular weight excluding hydrogens is 232 g/mol. The van der Waals surface area contributed by atoms with E-state index >= 15 is 0 Å². The summed E-state index contributed by atoms with van der Waals surface area (Å²) in [6, 6.07) is 4.72. The molecule has 0 radical (unpaired) electrons. The van der Waals surface area contributed by atoms with E-state index in [2.05, 4.69) is 21.9 Å². The van der Waals surface area contributed by atoms with Crippen molar-refractivity contribution in [3.63, 3.8) is 0 Å². The summed E-state index contributed by atoms with van der Waals surface area (Å²) in [6.07, 6.45) is 0. The molecule has 94 valence electrons. The number of amides is 1. The lowest BCUT2D eigenvalue weighted by molar-refractivity contribution is -0.118. The zero-order valence-corrected chi connectivity index (χ0v) is 10.2. The van der Waals surface area contributed by atoms with Gasteiger partial charge in [-0.15, -0.1) is 0 Å². The van der Waals surface area contributed by atoms with Crippen molar-refractivity contribution in [2.75, 3.05) is 19.4 Å². The first-order chi connectivity index (χ1) is 8.54. The Hall–Kier alpha value is -2.48. The third-order valence-electron chi connectivity index (χ3n) is 2.12. The number of esters is 1. The van der Waals surface area contributed by atoms with Gasteiger partial charge in [-0.25, -0.2) is 4.79 Å². The topological polar surface area (TPSA) is 81.4 Å². The second kappa shape index (κ2) is 6.30. The number of nitrogen functional groups attached to an aromatic ring is 1. The SMILES string of the molecule is COC(=O)c1ccc(N)c(C#CCNC(C)=O)c1. The molecule has 0 aromatic heterocycles. The van der Waals surface area contributed by atoms with Gasteiger partial charge in [-0.05, 0) is 18.2 Å². The lowest BCUT2D eigenvalue weighted by Crippen LogP contribution is -2.19. The molecule has 0 aliphatic carbocycles. The third kappa shape index (κ3) is 3.83. The minimum atomic E-state index is -0.445. The van der Waals surface area contributed by atoms with Crippen LogP contribution < -0.4 is 11.1 Å². The van der Waals surface area contributed by atoms with Crippen LogP contribution >= 0.6 is 0 Å². The monoisotopic (exact) mass is 246 g/mol. The first-order valence-corrected chi connectivity index (χ1v) is 5.25. The lowest BCUT2D eigenvalue weighted by atomic mass is 10.1. The van der Waals surface area contributed by atoms with E-state index in [-0.39, 0.29) is 12.5 Å². The molecule has 1 rings (SSSR count). The first-order valence-electron chi connectivity index (χ1n) is 5.25. The molecule has 0 saturated carbocycles. The van der Waals surface area contributed by atoms with Crippen molar-refractivity contribution in [3.05, 3.63) is 29.3 Å². The molecule has 5 heteroatoms. The second-order valence-electron chi connectivity index (χ2n) is 3.51. The van der Waals surface area contributed by atoms with Gasteiger partial charge in [0.05, 0.1) is 19.2 Å². The highest BCUT2D eigenvalue weighted by Crippen LogP contribution is 2.13. The molecule has 0 bridgehead atoms. The fourth-order valence-corrected chi connectivity index (χ4v) is 1.22. The van der Waals surface area contributed by atoms with Crippen molar-refractivity contribution in [2.45, 2.75) is 6.92 Å². The van der Waals surface area contributed by atoms with Gasteiger partial charge in [0.25, 0.3) is 0 Å². The zero-order valence-electron chi connectivity index (χ0n) is 10.2. The number of hydrogen-bond donors (Lipinski definition) is 2. The molecule has 0 saturated heterocycles. The number of nitrogens with two attached hydrogens (primary N) is 1. The Labute approximate surface area is 105 Å². The largest absolute Gasteiger partial charge is 0.465 e. The molecule has 5 nitrogen and oxygen atoms in total. The van der Waals surface area contributed by atoms with Gasteiger partial charge in [0, 0.05) is 18.2 Å². The molecule has 0 spiro atoms. The van der Waals surface area contributed by atoms with Crippen LogP contribution in [0.25, 0.3) is 0 Å². The number of nitrogens with one attached hydrogen (secondary N) is 1. The Kier molecular flexibility index (Phi) is 4.76. The number of hydrogen-bond acceptors (Lipinski definition) is 4. The summed E-state index contributed by atoms with van der Waals surface area (Å²) in [5.74, 6) is 4.94. The van der Waals surface area contributed by atoms with Gasteiger partial charge in [0.15, 0.2) is 0 Å². The number of ether oxygens (including phenoxy) is 1. The van der Waals surface area contributed by atoms with E-state index in [9.17, 15) is 9.59 Å². The van der Waals surface area contributed by atoms with Crippen molar-refractivity contribution >= 4 is 17.6 Å². The van der Waals surface area contributed by atoms with E-state index in [0.717, 1.165) is 0 Å². The number of carbonyl (C=O) groups is 2. The third-order valence-corrected chi connectivity index (χ3v) is 2.12. The minimum Gasteiger partial charge on any atom is -0.465 e. The molecule has 0 aliphatic heterocycles. The van der Waals surface area contributed by atoms with E-state index < -0.39 is 5.97 Å². The summed E-state index contributed by atoms with van der Waals surface area (Å²) in [6.45, 7) is 1.64. The van der Waals surface area contributed by atoms with Gasteiger partial charge in [-0.1, -0.05) is 11.8 Å². The van der Waals surface area contributed by atoms with Crippen LogP contribution in [-0.4, -0.2) is 25.5 Å². The maximum Gasteiger partial charge on any atom is 0.337 e. The van der Waals surface area contributed by atoms with Crippen LogP contribution in [0.15, 0.2) is 18.2 Å². The van der Waals surface area contributed by atoms with E-state index in [1.54, 1.807) is 18.2 Å². The maximum absolute atomic E-state index is 11.3. The van der Waals surface area contributed by atoms with Gasteiger partial charge in [0.1, 0.15) is 0 Å². The normalized spacial score (nSPS) is 9.00. The summed E-state index contributed by atoms with van der Waals surface area (Å²) >= 11 is 0. The Bertz CT molecular complexity index is 527. The quantitative estimate of drug-likeness (QED) is 0.453. The molecule has 0 atom stereocenters. The zero-order chi connectivity index (χ0) is 13.5. The first kappa shape index (κ1) is 13.6. The number of carbonyl (C=O) groups excluding carboxylic acids is 2. The molecular formula is C13H14N2O3. The highest BCUT2D eigenvalue weighted by Gasteiger charge is 2.06. The molecule has 1 amide bonds. The van der Waals surface area contributed by atoms with Crippen LogP contribution in [0.3, 0.4) is 0 Å². The van der Waals surface area contributed by atoms with Crippen molar-refractivity contribution in [3.8, 4) is 11.8 Å². The summed E-state index contributed by atoms with van der Waals surface area (Å²) < 4.78 is 4.60. The Morgan fingerprint density at radius 2 is 2.17 bits per heavy atom. The summed E-state index contributed by atoms with van der Waals surface area (Å²) in [7, 11) is 1.31. The fraction of sp³-hybridized carbons (Fsp3) is 0.231. The standard InChI is InChI=1S/C13H14N2O3/c1-9(16)15-7-3-4-10-8-11(13(17)18-2)5-6-12(10)14/h5-6,8H,7,14H2,1-2H3,(H,15,16). The predicted octanol–water partition coefficient (Wildman–Crippen LogP) is 0.543. The van der Waals surface area contributed by atoms with Crippen molar-refractivity contribution in [1.29, 1.82) is 0 Å². The Morgan fingerprint density at radius 3 is 2.78 bits per heavy atom. The molecule has 0 aliphatic rings. The summed E-state index contributed by atoms with van der Waals surface area (Å²) in [5, 5.41) is 2.54. The smallest absolute Gasteiger partial charge is 0.337 e. The average molecular weight is 246 g/mol. The highest BCUT2D eigenvalue weighted by atomic mass is 16.5. The molecule has 0 unspecified atom stereocenters. The van der Waals surface area contributed by atoms with Crippen molar-refractivity contribution in [1.82, 2.24) is 5.32 Å². The van der Waals surface area contributed by atoms with Gasteiger partial charge in [-0.3, -0.25) is 4.79 Å². The number of benzene rings is 1. The predicted molar refractivity (Wildman–Crippen MR) is 67.8 cm³/mol. The molecule has 0 fully saturated rings. The number of anilines is 1. The van der Waals surface area contributed by atoms with Gasteiger partial charge in [-0.2, -0.15) is 0 Å². The maximum atomic E-state index is 11.3. The van der Waals surface area contributed by atoms with Crippen molar-refractivity contribution < 1.29 is 14.3 Å². The van der Waals surface area contributed by atoms with Crippen LogP contribution in [0.5, 0.6) is 0 Å². The van der Waals surface area contributed by atoms with Gasteiger partial charge < -0.3 is 15.8 Å². The van der Waals surface area contributed by atoms with Crippen LogP contribution in [0.1, 0.15) is 22.8 Å². The fourth-order valence-electron chi connectivity index (χ4n) is 1.22. The summed E-state index contributed by atoms with van der Waals surface area (Å²) in [5.41, 5.74) is 7.12. The summed E-state index contributed by atoms with van der Waals surface area (Å²) in [4.78, 5) is 22.0. The van der Waals surface area contributed by atoms with Gasteiger partial charge in [0.2, 0.25) is 5.91 Å². The van der Waals surface area contributed by atoms with Gasteiger partial charge >= 0.3 is 5.97 Å². The number of rotatable bonds is 2. The molecule has 3 N–H and O–H groups in total. The van der Waals surface area contributed by atoms with Crippen LogP contribution in [0.2, 0.25) is 0 Å². The van der Waals surface area contributed by atoms with Crippen molar-refractivity contribution in [2.24, 2.45) is 0 Å². The second-order valence-corrected chi connectivity index (χ2v) is 3.51. The molecule has 1 aromatic carbocycles. The van der Waals surface area contributed by atoms with E-state index in [4.69, 9.17) is 5.73 Å². The van der Waals surface area contributed by atoms with Crippen LogP contribution in [0.4, 0.5) is 5.69 Å². The molecule has 18 heavy (non-hydrogen) atoms. The van der Waals surface area contributed by atoms with E-state index in [1.807, 2.05) is 0 Å². The minimum absolute atomic E-state index is 0.152. The van der Waals surface area contributed by atoms with E-state index in [0.29, 0.717) is 16.8 Å². The Morgan fingerprint density at radius 1 is 1.44 bits per heavy atom. The van der Waals surface area contributed by atoms with E-state index in [1.165, 1.54) is 14.0 Å². The lowest BCUT2D eigenvalue weighted by Gasteiger charge is -2.02. The average Bonchev–Trinajstić information content (AvgIpc) is 2.35. The van der Waals surface area contributed by atoms with Crippen LogP contribution in [0, 0.1) is 11.8 Å². The number of methoxy groups -OCH3 is 1. The molecule has 1 aromatic rings. The Balaban J connectivity index is 2.87. The van der Waals surface area contributed by atoms with Crippen LogP contribution in [-0.2, 0) is 9.53 Å². The highest BCUT2D eigenvalue weighted by molar-refractivity contribution is 5.90.